The molecule has 5 heteroatoms. The first-order valence-corrected chi connectivity index (χ1v) is 5.74. The highest BCUT2D eigenvalue weighted by Crippen LogP contribution is 2.20. The zero-order valence-corrected chi connectivity index (χ0v) is 10.6. The fraction of sp³-hybridized carbons (Fsp3) is 0.273. The number of hydrogen-bond acceptors (Lipinski definition) is 3. The molecule has 1 atom stereocenters. The molecule has 0 saturated carbocycles. The molecule has 84 valence electrons. The van der Waals surface area contributed by atoms with Crippen molar-refractivity contribution >= 4 is 15.9 Å². The van der Waals surface area contributed by atoms with Gasteiger partial charge >= 0.3 is 0 Å². The van der Waals surface area contributed by atoms with Crippen LogP contribution in [0.15, 0.2) is 28.9 Å². The third-order valence-corrected chi connectivity index (χ3v) is 3.21. The van der Waals surface area contributed by atoms with Crippen molar-refractivity contribution in [2.75, 3.05) is 0 Å². The summed E-state index contributed by atoms with van der Waals surface area (Å²) in [6.45, 7) is 3.69. The van der Waals surface area contributed by atoms with Gasteiger partial charge < -0.3 is 5.11 Å². The van der Waals surface area contributed by atoms with E-state index in [0.29, 0.717) is 5.69 Å². The maximum Gasteiger partial charge on any atom is 0.111 e. The Balaban J connectivity index is 2.39. The molecule has 0 fully saturated rings. The average molecular weight is 282 g/mol. The zero-order chi connectivity index (χ0) is 11.7. The van der Waals surface area contributed by atoms with E-state index in [2.05, 4.69) is 26.2 Å². The minimum absolute atomic E-state index is 0.566. The molecule has 2 aromatic rings. The van der Waals surface area contributed by atoms with Gasteiger partial charge in [-0.2, -0.15) is 0 Å². The molecule has 1 aromatic heterocycles. The van der Waals surface area contributed by atoms with Gasteiger partial charge in [-0.3, -0.25) is 0 Å². The summed E-state index contributed by atoms with van der Waals surface area (Å²) in [5.74, 6) is 0. The van der Waals surface area contributed by atoms with Crippen LogP contribution in [-0.4, -0.2) is 20.1 Å². The van der Waals surface area contributed by atoms with Crippen LogP contribution in [0.1, 0.15) is 24.3 Å². The summed E-state index contributed by atoms with van der Waals surface area (Å²) in [5.41, 5.74) is 2.65. The van der Waals surface area contributed by atoms with Gasteiger partial charge in [-0.1, -0.05) is 27.2 Å². The highest BCUT2D eigenvalue weighted by molar-refractivity contribution is 9.10. The Bertz CT molecular complexity index is 508. The molecular formula is C11H12BrN3O. The van der Waals surface area contributed by atoms with Crippen LogP contribution in [0, 0.1) is 6.92 Å². The largest absolute Gasteiger partial charge is 0.387 e. The topological polar surface area (TPSA) is 50.9 Å². The number of nitrogens with zero attached hydrogens (tertiary/aromatic N) is 3. The summed E-state index contributed by atoms with van der Waals surface area (Å²) in [6, 6.07) is 5.93. The van der Waals surface area contributed by atoms with E-state index in [1.807, 2.05) is 25.1 Å². The quantitative estimate of drug-likeness (QED) is 0.920. The molecule has 0 aliphatic heterocycles. The molecule has 0 aliphatic carbocycles. The van der Waals surface area contributed by atoms with Crippen LogP contribution < -0.4 is 0 Å². The molecule has 0 radical (unpaired) electrons. The summed E-state index contributed by atoms with van der Waals surface area (Å²) in [5, 5.41) is 17.2. The molecule has 0 aliphatic rings. The molecule has 1 aromatic carbocycles. The highest BCUT2D eigenvalue weighted by atomic mass is 79.9. The maximum atomic E-state index is 9.36. The number of hydrogen-bond donors (Lipinski definition) is 1. The number of aliphatic hydroxyl groups is 1. The number of aromatic nitrogens is 3. The van der Waals surface area contributed by atoms with E-state index in [1.54, 1.807) is 17.8 Å². The van der Waals surface area contributed by atoms with Crippen LogP contribution in [0.4, 0.5) is 0 Å². The SMILES string of the molecule is Cc1ccc(-n2cc(C(C)O)nn2)cc1Br. The minimum Gasteiger partial charge on any atom is -0.387 e. The predicted molar refractivity (Wildman–Crippen MR) is 64.4 cm³/mol. The van der Waals surface area contributed by atoms with Crippen molar-refractivity contribution in [2.24, 2.45) is 0 Å². The number of halogens is 1. The zero-order valence-electron chi connectivity index (χ0n) is 9.05. The van der Waals surface area contributed by atoms with E-state index < -0.39 is 6.10 Å². The van der Waals surface area contributed by atoms with Crippen molar-refractivity contribution in [1.29, 1.82) is 0 Å². The van der Waals surface area contributed by atoms with Crippen LogP contribution >= 0.6 is 15.9 Å². The maximum absolute atomic E-state index is 9.36. The molecule has 1 N–H and O–H groups in total. The Hall–Kier alpha value is -1.20. The van der Waals surface area contributed by atoms with Gasteiger partial charge in [0.1, 0.15) is 5.69 Å². The molecule has 0 bridgehead atoms. The Morgan fingerprint density at radius 2 is 2.19 bits per heavy atom. The summed E-state index contributed by atoms with van der Waals surface area (Å²) in [7, 11) is 0. The second-order valence-electron chi connectivity index (χ2n) is 3.70. The second-order valence-corrected chi connectivity index (χ2v) is 4.55. The molecule has 4 nitrogen and oxygen atoms in total. The van der Waals surface area contributed by atoms with Crippen molar-refractivity contribution in [3.8, 4) is 5.69 Å². The lowest BCUT2D eigenvalue weighted by Crippen LogP contribution is -1.95. The predicted octanol–water partition coefficient (Wildman–Crippen LogP) is 2.39. The smallest absolute Gasteiger partial charge is 0.111 e. The van der Waals surface area contributed by atoms with E-state index in [1.165, 1.54) is 5.56 Å². The van der Waals surface area contributed by atoms with Crippen LogP contribution in [0.3, 0.4) is 0 Å². The van der Waals surface area contributed by atoms with Crippen LogP contribution in [0.2, 0.25) is 0 Å². The minimum atomic E-state index is -0.595. The average Bonchev–Trinajstić information content (AvgIpc) is 2.71. The van der Waals surface area contributed by atoms with Gasteiger partial charge in [0, 0.05) is 4.47 Å². The van der Waals surface area contributed by atoms with Gasteiger partial charge in [-0.15, -0.1) is 5.10 Å². The molecule has 1 unspecified atom stereocenters. The molecule has 2 rings (SSSR count). The van der Waals surface area contributed by atoms with Gasteiger partial charge in [0.2, 0.25) is 0 Å². The fourth-order valence-corrected chi connectivity index (χ4v) is 1.69. The molecule has 0 saturated heterocycles. The lowest BCUT2D eigenvalue weighted by atomic mass is 10.2. The molecule has 16 heavy (non-hydrogen) atoms. The van der Waals surface area contributed by atoms with E-state index >= 15 is 0 Å². The van der Waals surface area contributed by atoms with Gasteiger partial charge in [0.25, 0.3) is 0 Å². The number of benzene rings is 1. The summed E-state index contributed by atoms with van der Waals surface area (Å²) in [4.78, 5) is 0. The van der Waals surface area contributed by atoms with Gasteiger partial charge in [-0.05, 0) is 31.5 Å². The molecular weight excluding hydrogens is 270 g/mol. The Kier molecular flexibility index (Phi) is 3.07. The number of rotatable bonds is 2. The lowest BCUT2D eigenvalue weighted by molar-refractivity contribution is 0.194. The highest BCUT2D eigenvalue weighted by Gasteiger charge is 2.07. The van der Waals surface area contributed by atoms with E-state index in [0.717, 1.165) is 10.2 Å². The van der Waals surface area contributed by atoms with Crippen molar-refractivity contribution in [3.63, 3.8) is 0 Å². The summed E-state index contributed by atoms with van der Waals surface area (Å²) >= 11 is 3.47. The van der Waals surface area contributed by atoms with Gasteiger partial charge in [0.05, 0.1) is 18.0 Å². The molecule has 1 heterocycles. The standard InChI is InChI=1S/C11H12BrN3O/c1-7-3-4-9(5-10(7)12)15-6-11(8(2)16)13-14-15/h3-6,8,16H,1-2H3. The van der Waals surface area contributed by atoms with Crippen molar-refractivity contribution in [1.82, 2.24) is 15.0 Å². The fourth-order valence-electron chi connectivity index (χ4n) is 1.32. The Morgan fingerprint density at radius 1 is 1.44 bits per heavy atom. The number of aryl methyl sites for hydroxylation is 1. The second kappa shape index (κ2) is 4.35. The van der Waals surface area contributed by atoms with Crippen LogP contribution in [0.25, 0.3) is 5.69 Å². The van der Waals surface area contributed by atoms with Crippen molar-refractivity contribution < 1.29 is 5.11 Å². The van der Waals surface area contributed by atoms with E-state index in [9.17, 15) is 5.11 Å². The first-order valence-electron chi connectivity index (χ1n) is 4.95. The molecule has 0 amide bonds. The van der Waals surface area contributed by atoms with Crippen molar-refractivity contribution in [2.45, 2.75) is 20.0 Å². The van der Waals surface area contributed by atoms with Gasteiger partial charge in [0.15, 0.2) is 0 Å². The van der Waals surface area contributed by atoms with E-state index in [4.69, 9.17) is 0 Å². The first kappa shape index (κ1) is 11.3. The van der Waals surface area contributed by atoms with E-state index in [-0.39, 0.29) is 0 Å². The van der Waals surface area contributed by atoms with Gasteiger partial charge in [-0.25, -0.2) is 4.68 Å². The third kappa shape index (κ3) is 2.15. The first-order chi connectivity index (χ1) is 7.58. The van der Waals surface area contributed by atoms with Crippen LogP contribution in [-0.2, 0) is 0 Å². The lowest BCUT2D eigenvalue weighted by Gasteiger charge is -2.03. The monoisotopic (exact) mass is 281 g/mol. The third-order valence-electron chi connectivity index (χ3n) is 2.36. The normalized spacial score (nSPS) is 12.8. The van der Waals surface area contributed by atoms with Crippen molar-refractivity contribution in [3.05, 3.63) is 40.1 Å². The Labute approximate surface area is 102 Å². The Morgan fingerprint density at radius 3 is 2.75 bits per heavy atom. The summed E-state index contributed by atoms with van der Waals surface area (Å²) in [6.07, 6.45) is 1.13. The molecule has 0 spiro atoms. The van der Waals surface area contributed by atoms with Crippen LogP contribution in [0.5, 0.6) is 0 Å². The number of aliphatic hydroxyl groups excluding tert-OH is 1. The summed E-state index contributed by atoms with van der Waals surface area (Å²) < 4.78 is 2.67.